The van der Waals surface area contributed by atoms with Gasteiger partial charge in [-0.1, -0.05) is 66.7 Å². The number of hydrogen-bond donors (Lipinski definition) is 0. The van der Waals surface area contributed by atoms with Crippen LogP contribution >= 0.6 is 0 Å². The Hall–Kier alpha value is -2.41. The van der Waals surface area contributed by atoms with Crippen LogP contribution in [0.25, 0.3) is 11.1 Å². The lowest BCUT2D eigenvalue weighted by Crippen LogP contribution is -1.87. The van der Waals surface area contributed by atoms with Crippen molar-refractivity contribution in [2.45, 2.75) is 13.8 Å². The molecule has 2 aromatic rings. The van der Waals surface area contributed by atoms with Crippen LogP contribution in [-0.4, -0.2) is 13.3 Å². The number of benzene rings is 2. The van der Waals surface area contributed by atoms with E-state index in [-0.39, 0.29) is 0 Å². The molecule has 0 fully saturated rings. The molecule has 0 spiro atoms. The van der Waals surface area contributed by atoms with Crippen molar-refractivity contribution in [3.8, 4) is 0 Å². The normalized spacial score (nSPS) is 12.9. The zero-order valence-electron chi connectivity index (χ0n) is 12.9. The highest BCUT2D eigenvalue weighted by Crippen LogP contribution is 2.19. The molecular weight excluding hydrogens is 254 g/mol. The van der Waals surface area contributed by atoms with Gasteiger partial charge in [-0.3, -0.25) is 4.99 Å². The molecule has 21 heavy (non-hydrogen) atoms. The molecule has 0 aliphatic carbocycles. The Morgan fingerprint density at radius 2 is 1.57 bits per heavy atom. The van der Waals surface area contributed by atoms with Crippen molar-refractivity contribution in [3.63, 3.8) is 0 Å². The molecule has 1 nitrogen and oxygen atoms in total. The topological polar surface area (TPSA) is 12.4 Å². The maximum absolute atomic E-state index is 4.16. The van der Waals surface area contributed by atoms with Crippen molar-refractivity contribution in [2.75, 3.05) is 7.05 Å². The first kappa shape index (κ1) is 15.0. The first-order valence-corrected chi connectivity index (χ1v) is 7.14. The highest BCUT2D eigenvalue weighted by atomic mass is 14.6. The molecular formula is C20H21N. The summed E-state index contributed by atoms with van der Waals surface area (Å²) in [4.78, 5) is 4.16. The third-order valence-electron chi connectivity index (χ3n) is 3.46. The van der Waals surface area contributed by atoms with Gasteiger partial charge in [0, 0.05) is 13.3 Å². The lowest BCUT2D eigenvalue weighted by molar-refractivity contribution is 1.41. The van der Waals surface area contributed by atoms with E-state index in [4.69, 9.17) is 0 Å². The van der Waals surface area contributed by atoms with Crippen molar-refractivity contribution >= 4 is 17.4 Å². The van der Waals surface area contributed by atoms with Crippen LogP contribution in [0.4, 0.5) is 0 Å². The maximum Gasteiger partial charge on any atom is 0.0287 e. The van der Waals surface area contributed by atoms with Gasteiger partial charge in [-0.15, -0.1) is 0 Å². The summed E-state index contributed by atoms with van der Waals surface area (Å²) in [6.45, 7) is 4.28. The van der Waals surface area contributed by atoms with Crippen LogP contribution in [0.3, 0.4) is 0 Å². The van der Waals surface area contributed by atoms with Crippen LogP contribution < -0.4 is 0 Å². The molecule has 0 amide bonds. The fourth-order valence-electron chi connectivity index (χ4n) is 2.30. The molecule has 0 saturated heterocycles. The molecule has 0 aliphatic heterocycles. The van der Waals surface area contributed by atoms with Crippen molar-refractivity contribution < 1.29 is 0 Å². The first-order valence-electron chi connectivity index (χ1n) is 7.14. The smallest absolute Gasteiger partial charge is 0.0287 e. The van der Waals surface area contributed by atoms with E-state index >= 15 is 0 Å². The Morgan fingerprint density at radius 1 is 0.905 bits per heavy atom. The second kappa shape index (κ2) is 7.39. The third kappa shape index (κ3) is 4.03. The van der Waals surface area contributed by atoms with E-state index < -0.39 is 0 Å². The van der Waals surface area contributed by atoms with Gasteiger partial charge in [-0.25, -0.2) is 0 Å². The molecule has 0 saturated carbocycles. The Kier molecular flexibility index (Phi) is 5.28. The van der Waals surface area contributed by atoms with Gasteiger partial charge >= 0.3 is 0 Å². The van der Waals surface area contributed by atoms with Gasteiger partial charge < -0.3 is 0 Å². The van der Waals surface area contributed by atoms with E-state index in [0.29, 0.717) is 0 Å². The van der Waals surface area contributed by atoms with E-state index in [1.165, 1.54) is 22.3 Å². The molecule has 0 atom stereocenters. The van der Waals surface area contributed by atoms with Gasteiger partial charge in [-0.2, -0.15) is 0 Å². The molecule has 2 aromatic carbocycles. The Balaban J connectivity index is 2.36. The monoisotopic (exact) mass is 275 g/mol. The van der Waals surface area contributed by atoms with Crippen LogP contribution in [0.1, 0.15) is 23.6 Å². The van der Waals surface area contributed by atoms with Gasteiger partial charge in [0.15, 0.2) is 0 Å². The summed E-state index contributed by atoms with van der Waals surface area (Å²) in [7, 11) is 1.80. The van der Waals surface area contributed by atoms with E-state index in [0.717, 1.165) is 5.57 Å². The van der Waals surface area contributed by atoms with E-state index in [1.807, 2.05) is 24.4 Å². The average Bonchev–Trinajstić information content (AvgIpc) is 2.52. The number of rotatable bonds is 4. The van der Waals surface area contributed by atoms with Crippen molar-refractivity contribution in [1.29, 1.82) is 0 Å². The summed E-state index contributed by atoms with van der Waals surface area (Å²) >= 11 is 0. The molecule has 0 bridgehead atoms. The predicted molar refractivity (Wildman–Crippen MR) is 93.7 cm³/mol. The molecule has 0 heterocycles. The van der Waals surface area contributed by atoms with Crippen LogP contribution in [0.15, 0.2) is 71.7 Å². The Labute approximate surface area is 127 Å². The van der Waals surface area contributed by atoms with Crippen molar-refractivity contribution in [1.82, 2.24) is 0 Å². The second-order valence-electron chi connectivity index (χ2n) is 5.04. The van der Waals surface area contributed by atoms with Crippen molar-refractivity contribution in [3.05, 3.63) is 83.4 Å². The quantitative estimate of drug-likeness (QED) is 0.538. The minimum Gasteiger partial charge on any atom is -0.296 e. The number of allylic oxidation sites excluding steroid dienone is 4. The largest absolute Gasteiger partial charge is 0.296 e. The molecule has 1 heteroatoms. The zero-order chi connectivity index (χ0) is 15.1. The molecule has 0 radical (unpaired) electrons. The number of hydrogen-bond acceptors (Lipinski definition) is 1. The lowest BCUT2D eigenvalue weighted by atomic mass is 10.0. The van der Waals surface area contributed by atoms with Crippen molar-refractivity contribution in [2.24, 2.45) is 4.99 Å². The second-order valence-corrected chi connectivity index (χ2v) is 5.04. The summed E-state index contributed by atoms with van der Waals surface area (Å²) in [5.74, 6) is 0. The Morgan fingerprint density at radius 3 is 2.24 bits per heavy atom. The summed E-state index contributed by atoms with van der Waals surface area (Å²) < 4.78 is 0. The molecule has 106 valence electrons. The summed E-state index contributed by atoms with van der Waals surface area (Å²) in [5, 5.41) is 0. The molecule has 2 rings (SSSR count). The zero-order valence-corrected chi connectivity index (χ0v) is 12.9. The molecule has 0 unspecified atom stereocenters. The van der Waals surface area contributed by atoms with E-state index in [2.05, 4.69) is 67.4 Å². The van der Waals surface area contributed by atoms with Gasteiger partial charge in [0.05, 0.1) is 0 Å². The number of aryl methyl sites for hydroxylation is 1. The van der Waals surface area contributed by atoms with E-state index in [9.17, 15) is 0 Å². The lowest BCUT2D eigenvalue weighted by Gasteiger charge is -2.05. The minimum absolute atomic E-state index is 1.12. The Bertz CT molecular complexity index is 676. The molecule has 0 N–H and O–H groups in total. The number of nitrogens with zero attached hydrogens (tertiary/aromatic N) is 1. The third-order valence-corrected chi connectivity index (χ3v) is 3.46. The summed E-state index contributed by atoms with van der Waals surface area (Å²) in [6.07, 6.45) is 6.19. The van der Waals surface area contributed by atoms with E-state index in [1.54, 1.807) is 7.05 Å². The average molecular weight is 275 g/mol. The van der Waals surface area contributed by atoms with Crippen LogP contribution in [-0.2, 0) is 0 Å². The summed E-state index contributed by atoms with van der Waals surface area (Å²) in [5.41, 5.74) is 6.13. The summed E-state index contributed by atoms with van der Waals surface area (Å²) in [6, 6.07) is 18.8. The first-order chi connectivity index (χ1) is 10.2. The van der Waals surface area contributed by atoms with Crippen LogP contribution in [0.2, 0.25) is 0 Å². The molecule has 0 aliphatic rings. The van der Waals surface area contributed by atoms with Gasteiger partial charge in [-0.05, 0) is 41.7 Å². The minimum atomic E-state index is 1.12. The maximum atomic E-state index is 4.16. The highest BCUT2D eigenvalue weighted by molar-refractivity contribution is 6.10. The van der Waals surface area contributed by atoms with Crippen LogP contribution in [0, 0.1) is 6.92 Å². The van der Waals surface area contributed by atoms with Gasteiger partial charge in [0.1, 0.15) is 0 Å². The SMILES string of the molecule is CN=C/C(=C\C=C(/C)c1ccccc1C)c1ccccc1. The fraction of sp³-hybridized carbons (Fsp3) is 0.150. The van der Waals surface area contributed by atoms with Crippen LogP contribution in [0.5, 0.6) is 0 Å². The molecule has 0 aromatic heterocycles. The fourth-order valence-corrected chi connectivity index (χ4v) is 2.30. The highest BCUT2D eigenvalue weighted by Gasteiger charge is 1.99. The predicted octanol–water partition coefficient (Wildman–Crippen LogP) is 5.18. The van der Waals surface area contributed by atoms with Gasteiger partial charge in [0.2, 0.25) is 0 Å². The number of aliphatic imine (C=N–C) groups is 1. The standard InChI is InChI=1S/C20H21N/c1-16-9-7-8-12-20(16)17(2)13-14-19(15-21-3)18-10-5-4-6-11-18/h4-15H,1-3H3/b17-13+,19-14+,21-15?. The van der Waals surface area contributed by atoms with Gasteiger partial charge in [0.25, 0.3) is 0 Å².